The molecule has 0 spiro atoms. The lowest BCUT2D eigenvalue weighted by molar-refractivity contribution is -0.118. The zero-order valence-corrected chi connectivity index (χ0v) is 18.5. The van der Waals surface area contributed by atoms with Gasteiger partial charge in [-0.3, -0.25) is 19.1 Å². The van der Waals surface area contributed by atoms with Crippen molar-refractivity contribution in [2.75, 3.05) is 5.75 Å². The number of pyridine rings is 1. The smallest absolute Gasteiger partial charge is 0.266 e. The molecule has 1 N–H and O–H groups in total. The van der Waals surface area contributed by atoms with Gasteiger partial charge in [0.25, 0.3) is 11.5 Å². The lowest BCUT2D eigenvalue weighted by Crippen LogP contribution is -2.24. The summed E-state index contributed by atoms with van der Waals surface area (Å²) in [6, 6.07) is 18.1. The first-order valence-corrected chi connectivity index (χ1v) is 11.0. The molecule has 0 saturated heterocycles. The zero-order chi connectivity index (χ0) is 21.6. The second-order valence-electron chi connectivity index (χ2n) is 6.40. The van der Waals surface area contributed by atoms with E-state index in [1.54, 1.807) is 36.7 Å². The van der Waals surface area contributed by atoms with E-state index in [1.165, 1.54) is 22.5 Å². The summed E-state index contributed by atoms with van der Waals surface area (Å²) in [5, 5.41) is 4.88. The molecule has 4 aromatic rings. The van der Waals surface area contributed by atoms with Crippen molar-refractivity contribution in [1.29, 1.82) is 0 Å². The van der Waals surface area contributed by atoms with Crippen LogP contribution >= 0.6 is 27.7 Å². The lowest BCUT2D eigenvalue weighted by atomic mass is 10.2. The van der Waals surface area contributed by atoms with E-state index >= 15 is 0 Å². The summed E-state index contributed by atoms with van der Waals surface area (Å²) in [4.78, 5) is 34.0. The Hall–Kier alpha value is -3.30. The van der Waals surface area contributed by atoms with E-state index in [1.807, 2.05) is 36.4 Å². The molecule has 154 valence electrons. The van der Waals surface area contributed by atoms with Crippen LogP contribution in [0.4, 0.5) is 0 Å². The second-order valence-corrected chi connectivity index (χ2v) is 8.25. The Labute approximate surface area is 190 Å². The van der Waals surface area contributed by atoms with Crippen molar-refractivity contribution < 1.29 is 4.79 Å². The molecule has 0 atom stereocenters. The van der Waals surface area contributed by atoms with E-state index in [2.05, 4.69) is 36.4 Å². The Bertz CT molecular complexity index is 1310. The molecular weight excluding hydrogens is 478 g/mol. The van der Waals surface area contributed by atoms with Gasteiger partial charge in [-0.1, -0.05) is 45.9 Å². The Morgan fingerprint density at radius 2 is 1.94 bits per heavy atom. The topological polar surface area (TPSA) is 89.2 Å². The number of benzene rings is 2. The summed E-state index contributed by atoms with van der Waals surface area (Å²) in [6.07, 6.45) is 4.82. The number of nitrogens with one attached hydrogen (secondary N) is 1. The third-order valence-corrected chi connectivity index (χ3v) is 5.72. The standard InChI is InChI=1S/C22H16BrN5O2S/c23-16-7-9-17(10-8-16)28-21(30)18-5-1-2-6-19(18)26-22(28)31-14-20(29)27-25-13-15-4-3-11-24-12-15/h1-13H,14H2,(H,27,29)/b25-13-. The van der Waals surface area contributed by atoms with Gasteiger partial charge in [0.15, 0.2) is 5.16 Å². The number of hydrogen-bond acceptors (Lipinski definition) is 6. The molecule has 0 aliphatic heterocycles. The highest BCUT2D eigenvalue weighted by Gasteiger charge is 2.14. The SMILES string of the molecule is O=C(CSc1nc2ccccc2c(=O)n1-c1ccc(Br)cc1)N/N=C\c1cccnc1. The van der Waals surface area contributed by atoms with Crippen molar-refractivity contribution in [2.24, 2.45) is 5.10 Å². The van der Waals surface area contributed by atoms with Gasteiger partial charge in [-0.2, -0.15) is 5.10 Å². The maximum Gasteiger partial charge on any atom is 0.266 e. The maximum atomic E-state index is 13.2. The molecule has 2 heterocycles. The molecule has 0 unspecified atom stereocenters. The van der Waals surface area contributed by atoms with E-state index in [9.17, 15) is 9.59 Å². The third-order valence-electron chi connectivity index (χ3n) is 4.25. The summed E-state index contributed by atoms with van der Waals surface area (Å²) in [5.41, 5.74) is 4.32. The normalized spacial score (nSPS) is 11.1. The molecule has 9 heteroatoms. The monoisotopic (exact) mass is 493 g/mol. The molecule has 0 saturated carbocycles. The maximum absolute atomic E-state index is 13.2. The minimum Gasteiger partial charge on any atom is -0.272 e. The van der Waals surface area contributed by atoms with Crippen LogP contribution in [0.2, 0.25) is 0 Å². The molecular formula is C22H16BrN5O2S. The molecule has 0 radical (unpaired) electrons. The molecule has 2 aromatic carbocycles. The average Bonchev–Trinajstić information content (AvgIpc) is 2.79. The number of hydrazone groups is 1. The minimum atomic E-state index is -0.310. The Morgan fingerprint density at radius 3 is 2.71 bits per heavy atom. The zero-order valence-electron chi connectivity index (χ0n) is 16.1. The van der Waals surface area contributed by atoms with Crippen LogP contribution in [-0.2, 0) is 4.79 Å². The van der Waals surface area contributed by atoms with E-state index < -0.39 is 0 Å². The van der Waals surface area contributed by atoms with Crippen molar-refractivity contribution in [3.8, 4) is 5.69 Å². The largest absolute Gasteiger partial charge is 0.272 e. The number of halogens is 1. The molecule has 31 heavy (non-hydrogen) atoms. The highest BCUT2D eigenvalue weighted by molar-refractivity contribution is 9.10. The molecule has 0 bridgehead atoms. The van der Waals surface area contributed by atoms with Gasteiger partial charge in [0, 0.05) is 22.4 Å². The van der Waals surface area contributed by atoms with Crippen LogP contribution in [0.25, 0.3) is 16.6 Å². The average molecular weight is 494 g/mol. The number of para-hydroxylation sites is 1. The first-order chi connectivity index (χ1) is 15.1. The molecule has 0 aliphatic rings. The van der Waals surface area contributed by atoms with Crippen LogP contribution in [0.1, 0.15) is 5.56 Å². The number of aromatic nitrogens is 3. The van der Waals surface area contributed by atoms with Crippen LogP contribution in [0.3, 0.4) is 0 Å². The fourth-order valence-corrected chi connectivity index (χ4v) is 3.89. The Morgan fingerprint density at radius 1 is 1.13 bits per heavy atom. The number of hydrogen-bond donors (Lipinski definition) is 1. The summed E-state index contributed by atoms with van der Waals surface area (Å²) in [7, 11) is 0. The van der Waals surface area contributed by atoms with Crippen molar-refractivity contribution in [2.45, 2.75) is 5.16 Å². The predicted molar refractivity (Wildman–Crippen MR) is 126 cm³/mol. The fourth-order valence-electron chi connectivity index (χ4n) is 2.82. The van der Waals surface area contributed by atoms with Crippen LogP contribution < -0.4 is 11.0 Å². The van der Waals surface area contributed by atoms with Gasteiger partial charge in [0.1, 0.15) is 0 Å². The summed E-state index contributed by atoms with van der Waals surface area (Å²) >= 11 is 4.58. The van der Waals surface area contributed by atoms with E-state index in [-0.39, 0.29) is 17.2 Å². The van der Waals surface area contributed by atoms with Crippen molar-refractivity contribution in [3.05, 3.63) is 93.4 Å². The number of carbonyl (C=O) groups excluding carboxylic acids is 1. The number of rotatable bonds is 6. The molecule has 2 aromatic heterocycles. The third kappa shape index (κ3) is 5.07. The van der Waals surface area contributed by atoms with Crippen LogP contribution in [0, 0.1) is 0 Å². The van der Waals surface area contributed by atoms with Gasteiger partial charge in [-0.25, -0.2) is 10.4 Å². The first-order valence-electron chi connectivity index (χ1n) is 9.24. The van der Waals surface area contributed by atoms with Gasteiger partial charge < -0.3 is 0 Å². The number of amides is 1. The van der Waals surface area contributed by atoms with Crippen LogP contribution in [-0.4, -0.2) is 32.4 Å². The molecule has 0 fully saturated rings. The van der Waals surface area contributed by atoms with Gasteiger partial charge in [0.2, 0.25) is 0 Å². The Kier molecular flexibility index (Phi) is 6.54. The van der Waals surface area contributed by atoms with Crippen LogP contribution in [0.15, 0.2) is 92.6 Å². The van der Waals surface area contributed by atoms with E-state index in [4.69, 9.17) is 0 Å². The van der Waals surface area contributed by atoms with Crippen molar-refractivity contribution in [1.82, 2.24) is 20.0 Å². The summed E-state index contributed by atoms with van der Waals surface area (Å²) in [5.74, 6) is -0.263. The number of nitrogens with zero attached hydrogens (tertiary/aromatic N) is 4. The molecule has 0 aliphatic carbocycles. The number of carbonyl (C=O) groups is 1. The quantitative estimate of drug-likeness (QED) is 0.191. The van der Waals surface area contributed by atoms with Gasteiger partial charge in [0.05, 0.1) is 28.6 Å². The highest BCUT2D eigenvalue weighted by atomic mass is 79.9. The predicted octanol–water partition coefficient (Wildman–Crippen LogP) is 3.79. The van der Waals surface area contributed by atoms with Crippen molar-refractivity contribution >= 4 is 50.7 Å². The highest BCUT2D eigenvalue weighted by Crippen LogP contribution is 2.22. The van der Waals surface area contributed by atoms with Gasteiger partial charge >= 0.3 is 0 Å². The summed E-state index contributed by atoms with van der Waals surface area (Å²) in [6.45, 7) is 0. The van der Waals surface area contributed by atoms with Gasteiger partial charge in [-0.05, 0) is 42.5 Å². The fraction of sp³-hybridized carbons (Fsp3) is 0.0455. The molecule has 1 amide bonds. The molecule has 4 rings (SSSR count). The summed E-state index contributed by atoms with van der Waals surface area (Å²) < 4.78 is 2.42. The van der Waals surface area contributed by atoms with Gasteiger partial charge in [-0.15, -0.1) is 0 Å². The lowest BCUT2D eigenvalue weighted by Gasteiger charge is -2.13. The van der Waals surface area contributed by atoms with Crippen LogP contribution in [0.5, 0.6) is 0 Å². The van der Waals surface area contributed by atoms with Crippen molar-refractivity contribution in [3.63, 3.8) is 0 Å². The number of fused-ring (bicyclic) bond motifs is 1. The second kappa shape index (κ2) is 9.67. The van der Waals surface area contributed by atoms with E-state index in [0.29, 0.717) is 21.7 Å². The Balaban J connectivity index is 1.58. The first kappa shape index (κ1) is 21.0. The molecule has 7 nitrogen and oxygen atoms in total. The van der Waals surface area contributed by atoms with E-state index in [0.717, 1.165) is 10.0 Å². The number of thioether (sulfide) groups is 1. The minimum absolute atomic E-state index is 0.0473.